The molecule has 0 bridgehead atoms. The molecule has 0 aromatic heterocycles. The number of carbonyl (C=O) groups is 3. The van der Waals surface area contributed by atoms with Crippen LogP contribution in [-0.4, -0.2) is 156 Å². The van der Waals surface area contributed by atoms with Gasteiger partial charge in [-0.2, -0.15) is 16.8 Å². The van der Waals surface area contributed by atoms with Crippen molar-refractivity contribution < 1.29 is 139 Å². The molecular formula is C54H110Cl2Fe3O19S3. The third kappa shape index (κ3) is 72.7. The zero-order valence-electron chi connectivity index (χ0n) is 50.3. The van der Waals surface area contributed by atoms with Gasteiger partial charge in [0.15, 0.2) is 0 Å². The molecule has 27 heteroatoms. The Morgan fingerprint density at radius 1 is 0.444 bits per heavy atom. The van der Waals surface area contributed by atoms with Crippen LogP contribution in [0.2, 0.25) is 0 Å². The molecule has 19 nitrogen and oxygen atoms in total. The van der Waals surface area contributed by atoms with E-state index < -0.39 is 72.9 Å². The van der Waals surface area contributed by atoms with Crippen LogP contribution in [0.15, 0.2) is 0 Å². The Balaban J connectivity index is -0.0000000807. The number of esters is 2. The molecule has 496 valence electrons. The van der Waals surface area contributed by atoms with Gasteiger partial charge in [0.1, 0.15) is 31.0 Å². The van der Waals surface area contributed by atoms with Crippen LogP contribution >= 0.6 is 22.3 Å². The van der Waals surface area contributed by atoms with Crippen LogP contribution in [0.25, 0.3) is 0 Å². The Morgan fingerprint density at radius 3 is 0.914 bits per heavy atom. The van der Waals surface area contributed by atoms with E-state index in [1.165, 1.54) is 109 Å². The fourth-order valence-corrected chi connectivity index (χ4v) is 8.95. The van der Waals surface area contributed by atoms with Gasteiger partial charge in [-0.05, 0) is 50.1 Å². The standard InChI is InChI=1S/C12H22O8S2.C10H18O4.C6H9ClO.3C5H10.C4H10O4.CH3ClO2S.6CH3.3Fe/c1-21(14,15)18-8-7-11(9-19-22(2,16)17)20-12(13)10-5-3-4-6-10;11-6-5-9(7-12)14-10(13)8-3-1-2-4-8;7-6(8)5-3-1-2-4-5;3*1-2-4-5-3-1;5-1-3(7)4(8)2-6;1-5(2,3)4;;;;;;;;;/h10-11H,3-9H2,1-2H3;8-9,11-12H,1-7H2;5H,1-4H2;3*1-5H2;3-8H,1-2H2;1H3;6*1H3;;;/q;;;;;;;;6*-1;3*+2/i;;;;;;;;;;;;;;3*1+1. The molecule has 6 rings (SSSR count). The van der Waals surface area contributed by atoms with Crippen LogP contribution in [0.5, 0.6) is 0 Å². The van der Waals surface area contributed by atoms with Crippen molar-refractivity contribution in [2.45, 2.75) is 211 Å². The maximum Gasteiger partial charge on any atom is 2.00 e. The van der Waals surface area contributed by atoms with Crippen molar-refractivity contribution in [2.24, 2.45) is 17.8 Å². The summed E-state index contributed by atoms with van der Waals surface area (Å²) in [5.41, 5.74) is 0. The Kier molecular flexibility index (Phi) is 86.7. The number of hydrogen-bond donors (Lipinski definition) is 6. The van der Waals surface area contributed by atoms with Crippen LogP contribution in [0, 0.1) is 62.3 Å². The smallest absolute Gasteiger partial charge is 0.460 e. The monoisotopic (exact) mass is 1400 g/mol. The molecule has 0 aromatic rings. The first-order valence-electron chi connectivity index (χ1n) is 25.9. The van der Waals surface area contributed by atoms with Gasteiger partial charge in [0, 0.05) is 36.0 Å². The maximum atomic E-state index is 12.0. The summed E-state index contributed by atoms with van der Waals surface area (Å²) < 4.78 is 82.2. The summed E-state index contributed by atoms with van der Waals surface area (Å²) in [5, 5.41) is 50.5. The SMILES string of the molecule is C1CCCC1.C1CCCC1.C1CCCC1.CS(=O)(=O)Cl.CS(=O)(=O)OCCC(COS(C)(=O)=O)OC(=O)C1CCCC1.O=C(Cl)C1CCCC1.O=C(OC(CO)CCO)C1CCCC1.OCC(O)C(O)CO.[57Fe+2].[57Fe+2].[57Fe+2].[CH3-].[CH3-].[CH3-].[CH3-].[CH3-].[CH3-]. The summed E-state index contributed by atoms with van der Waals surface area (Å²) in [6.07, 6.45) is 33.5. The predicted molar refractivity (Wildman–Crippen MR) is 316 cm³/mol. The van der Waals surface area contributed by atoms with Gasteiger partial charge in [-0.1, -0.05) is 135 Å². The zero-order valence-corrected chi connectivity index (χ0v) is 57.6. The first kappa shape index (κ1) is 106. The molecule has 0 amide bonds. The molecule has 0 aliphatic heterocycles. The van der Waals surface area contributed by atoms with E-state index in [1.54, 1.807) is 0 Å². The minimum atomic E-state index is -3.68. The number of aliphatic hydroxyl groups is 6. The average molecular weight is 1400 g/mol. The number of rotatable bonds is 18. The average Bonchev–Trinajstić information content (AvgIpc) is 4.17. The summed E-state index contributed by atoms with van der Waals surface area (Å²) >= 11 is 5.25. The van der Waals surface area contributed by atoms with E-state index in [0.29, 0.717) is 6.42 Å². The van der Waals surface area contributed by atoms with Crippen LogP contribution in [-0.2, 0) is 113 Å². The molecule has 6 aliphatic rings. The molecule has 0 radical (unpaired) electrons. The van der Waals surface area contributed by atoms with Gasteiger partial charge in [-0.15, -0.1) is 0 Å². The first-order chi connectivity index (χ1) is 33.9. The van der Waals surface area contributed by atoms with Crippen molar-refractivity contribution in [2.75, 3.05) is 58.4 Å². The molecule has 6 saturated carbocycles. The Labute approximate surface area is 535 Å². The van der Waals surface area contributed by atoms with Gasteiger partial charge < -0.3 is 84.7 Å². The third-order valence-corrected chi connectivity index (χ3v) is 13.5. The molecule has 0 spiro atoms. The molecule has 0 heterocycles. The van der Waals surface area contributed by atoms with E-state index in [4.69, 9.17) is 51.7 Å². The second-order valence-corrected chi connectivity index (χ2v) is 25.6. The molecule has 6 aliphatic carbocycles. The number of ether oxygens (including phenoxy) is 2. The second kappa shape index (κ2) is 66.2. The fraction of sp³-hybridized carbons (Fsp3) is 0.833. The van der Waals surface area contributed by atoms with Crippen LogP contribution in [0.1, 0.15) is 186 Å². The van der Waals surface area contributed by atoms with Gasteiger partial charge in [-0.25, -0.2) is 8.42 Å². The van der Waals surface area contributed by atoms with E-state index in [9.17, 15) is 39.6 Å². The van der Waals surface area contributed by atoms with Crippen molar-refractivity contribution in [3.8, 4) is 0 Å². The Morgan fingerprint density at radius 2 is 0.704 bits per heavy atom. The van der Waals surface area contributed by atoms with Crippen LogP contribution in [0.3, 0.4) is 0 Å². The van der Waals surface area contributed by atoms with Gasteiger partial charge in [-0.3, -0.25) is 22.7 Å². The molecule has 6 N–H and O–H groups in total. The van der Waals surface area contributed by atoms with Gasteiger partial charge in [0.05, 0.1) is 57.0 Å². The molecule has 0 saturated heterocycles. The van der Waals surface area contributed by atoms with E-state index in [1.807, 2.05) is 0 Å². The zero-order chi connectivity index (χ0) is 54.9. The summed E-state index contributed by atoms with van der Waals surface area (Å²) in [6.45, 7) is -1.90. The van der Waals surface area contributed by atoms with Crippen molar-refractivity contribution in [3.05, 3.63) is 44.6 Å². The largest absolute Gasteiger partial charge is 2.00 e. The fourth-order valence-electron chi connectivity index (χ4n) is 7.93. The van der Waals surface area contributed by atoms with E-state index >= 15 is 0 Å². The van der Waals surface area contributed by atoms with E-state index in [2.05, 4.69) is 19.0 Å². The Bertz CT molecular complexity index is 1640. The Hall–Kier alpha value is 0.278. The topological polar surface area (TPSA) is 312 Å². The van der Waals surface area contributed by atoms with E-state index in [-0.39, 0.29) is 158 Å². The minimum Gasteiger partial charge on any atom is -0.460 e. The number of carbonyl (C=O) groups excluding carboxylic acids is 3. The number of hydrogen-bond acceptors (Lipinski definition) is 19. The quantitative estimate of drug-likeness (QED) is 0.0245. The van der Waals surface area contributed by atoms with Crippen LogP contribution < -0.4 is 0 Å². The van der Waals surface area contributed by atoms with Crippen molar-refractivity contribution >= 4 is 68.8 Å². The summed E-state index contributed by atoms with van der Waals surface area (Å²) in [4.78, 5) is 33.8. The van der Waals surface area contributed by atoms with Gasteiger partial charge >= 0.3 is 63.1 Å². The second-order valence-electron chi connectivity index (χ2n) is 18.8. The minimum absolute atomic E-state index is 0. The normalized spacial score (nSPS) is 17.4. The van der Waals surface area contributed by atoms with Gasteiger partial charge in [0.2, 0.25) is 14.3 Å². The number of halogens is 2. The predicted octanol–water partition coefficient (Wildman–Crippen LogP) is 9.26. The molecule has 81 heavy (non-hydrogen) atoms. The van der Waals surface area contributed by atoms with Crippen molar-refractivity contribution in [1.82, 2.24) is 0 Å². The number of aliphatic hydroxyl groups excluding tert-OH is 6. The first-order valence-corrected chi connectivity index (χ1v) is 32.6. The van der Waals surface area contributed by atoms with Crippen molar-refractivity contribution in [3.63, 3.8) is 0 Å². The molecular weight excluding hydrogens is 1290 g/mol. The van der Waals surface area contributed by atoms with Crippen molar-refractivity contribution in [1.29, 1.82) is 0 Å². The molecule has 4 unspecified atom stereocenters. The van der Waals surface area contributed by atoms with Gasteiger partial charge in [0.25, 0.3) is 20.2 Å². The summed E-state index contributed by atoms with van der Waals surface area (Å²) in [5.74, 6) is -0.593. The molecule has 0 aromatic carbocycles. The van der Waals surface area contributed by atoms with E-state index in [0.717, 1.165) is 83.0 Å². The summed E-state index contributed by atoms with van der Waals surface area (Å²) in [6, 6.07) is 0. The summed E-state index contributed by atoms with van der Waals surface area (Å²) in [7, 11) is -5.98. The third-order valence-electron chi connectivity index (χ3n) is 12.0. The van der Waals surface area contributed by atoms with Crippen LogP contribution in [0.4, 0.5) is 0 Å². The maximum absolute atomic E-state index is 12.0. The molecule has 6 fully saturated rings. The molecule has 4 atom stereocenters.